The van der Waals surface area contributed by atoms with Gasteiger partial charge in [-0.1, -0.05) is 17.7 Å². The van der Waals surface area contributed by atoms with Crippen LogP contribution in [0.25, 0.3) is 0 Å². The molecule has 0 unspecified atom stereocenters. The summed E-state index contributed by atoms with van der Waals surface area (Å²) < 4.78 is 53.0. The van der Waals surface area contributed by atoms with Crippen LogP contribution in [-0.2, 0) is 20.0 Å². The van der Waals surface area contributed by atoms with Crippen LogP contribution in [0.5, 0.6) is 0 Å². The van der Waals surface area contributed by atoms with Crippen molar-refractivity contribution >= 4 is 25.7 Å². The first-order valence-corrected chi connectivity index (χ1v) is 10.8. The quantitative estimate of drug-likeness (QED) is 0.544. The van der Waals surface area contributed by atoms with Gasteiger partial charge >= 0.3 is 0 Å². The molecule has 0 saturated carbocycles. The molecule has 9 nitrogen and oxygen atoms in total. The lowest BCUT2D eigenvalue weighted by Gasteiger charge is -2.18. The second-order valence-electron chi connectivity index (χ2n) is 6.07. The van der Waals surface area contributed by atoms with Crippen LogP contribution in [0.2, 0.25) is 0 Å². The smallest absolute Gasteiger partial charge is 0.258 e. The molecule has 0 atom stereocenters. The van der Waals surface area contributed by atoms with Gasteiger partial charge in [-0.25, -0.2) is 16.8 Å². The van der Waals surface area contributed by atoms with Gasteiger partial charge in [-0.15, -0.1) is 0 Å². The Hall–Kier alpha value is -2.34. The van der Waals surface area contributed by atoms with Gasteiger partial charge in [0.15, 0.2) is 0 Å². The van der Waals surface area contributed by atoms with E-state index in [1.165, 1.54) is 12.1 Å². The number of benzene rings is 2. The summed E-state index contributed by atoms with van der Waals surface area (Å²) in [5.41, 5.74) is 0.691. The fourth-order valence-corrected chi connectivity index (χ4v) is 5.54. The second kappa shape index (κ2) is 7.00. The Bertz CT molecular complexity index is 1060. The summed E-state index contributed by atoms with van der Waals surface area (Å²) in [6.45, 7) is 1.56. The number of nitrogens with zero attached hydrogens (tertiary/aromatic N) is 3. The SMILES string of the molecule is Cc1ccc(S(=O)(=O)N2CCN(S(=O)(=O)c3ccc([N+](=O)[O-])cc3)C2)cc1. The minimum absolute atomic E-state index is 0.00438. The molecule has 0 bridgehead atoms. The molecule has 1 saturated heterocycles. The normalized spacial score (nSPS) is 16.5. The predicted molar refractivity (Wildman–Crippen MR) is 96.9 cm³/mol. The zero-order valence-corrected chi connectivity index (χ0v) is 16.0. The molecule has 1 aliphatic rings. The van der Waals surface area contributed by atoms with Crippen molar-refractivity contribution in [1.82, 2.24) is 8.61 Å². The third-order valence-electron chi connectivity index (χ3n) is 4.26. The second-order valence-corrected chi connectivity index (χ2v) is 9.94. The van der Waals surface area contributed by atoms with Crippen molar-refractivity contribution in [2.45, 2.75) is 16.7 Å². The van der Waals surface area contributed by atoms with E-state index in [1.54, 1.807) is 12.1 Å². The van der Waals surface area contributed by atoms with Gasteiger partial charge in [0.05, 0.1) is 21.4 Å². The Morgan fingerprint density at radius 3 is 1.63 bits per heavy atom. The van der Waals surface area contributed by atoms with Crippen LogP contribution in [-0.4, -0.2) is 50.1 Å². The number of hydrogen-bond acceptors (Lipinski definition) is 6. The molecule has 27 heavy (non-hydrogen) atoms. The van der Waals surface area contributed by atoms with Crippen molar-refractivity contribution in [3.63, 3.8) is 0 Å². The van der Waals surface area contributed by atoms with Gasteiger partial charge in [0, 0.05) is 25.2 Å². The van der Waals surface area contributed by atoms with E-state index in [2.05, 4.69) is 0 Å². The molecule has 0 amide bonds. The highest BCUT2D eigenvalue weighted by molar-refractivity contribution is 7.90. The Morgan fingerprint density at radius 1 is 0.815 bits per heavy atom. The van der Waals surface area contributed by atoms with E-state index in [1.807, 2.05) is 6.92 Å². The molecule has 1 heterocycles. The number of rotatable bonds is 5. The van der Waals surface area contributed by atoms with Crippen molar-refractivity contribution in [2.75, 3.05) is 19.8 Å². The van der Waals surface area contributed by atoms with Crippen LogP contribution < -0.4 is 0 Å². The average Bonchev–Trinajstić information content (AvgIpc) is 3.14. The monoisotopic (exact) mass is 411 g/mol. The van der Waals surface area contributed by atoms with Crippen LogP contribution >= 0.6 is 0 Å². The minimum atomic E-state index is -3.96. The molecule has 1 aliphatic heterocycles. The zero-order valence-electron chi connectivity index (χ0n) is 14.3. The molecule has 0 N–H and O–H groups in total. The number of sulfonamides is 2. The highest BCUT2D eigenvalue weighted by atomic mass is 32.2. The van der Waals surface area contributed by atoms with Gasteiger partial charge in [-0.3, -0.25) is 10.1 Å². The summed E-state index contributed by atoms with van der Waals surface area (Å²) in [5, 5.41) is 10.7. The summed E-state index contributed by atoms with van der Waals surface area (Å²) in [4.78, 5) is 10.1. The summed E-state index contributed by atoms with van der Waals surface area (Å²) in [5.74, 6) is 0. The molecule has 144 valence electrons. The standard InChI is InChI=1S/C16H17N3O6S2/c1-13-2-6-15(7-3-13)26(22,23)17-10-11-18(12-17)27(24,25)16-8-4-14(5-9-16)19(20)21/h2-9H,10-12H2,1H3. The maximum absolute atomic E-state index is 12.7. The Balaban J connectivity index is 1.82. The van der Waals surface area contributed by atoms with Gasteiger partial charge in [-0.05, 0) is 31.2 Å². The number of hydrogen-bond donors (Lipinski definition) is 0. The maximum atomic E-state index is 12.7. The highest BCUT2D eigenvalue weighted by Crippen LogP contribution is 2.25. The largest absolute Gasteiger partial charge is 0.269 e. The molecule has 3 rings (SSSR count). The van der Waals surface area contributed by atoms with Crippen LogP contribution in [0, 0.1) is 17.0 Å². The first-order chi connectivity index (χ1) is 12.6. The molecule has 11 heteroatoms. The number of aryl methyl sites for hydroxylation is 1. The topological polar surface area (TPSA) is 118 Å². The fourth-order valence-electron chi connectivity index (χ4n) is 2.68. The van der Waals surface area contributed by atoms with Crippen molar-refractivity contribution in [3.8, 4) is 0 Å². The third-order valence-corrected chi connectivity index (χ3v) is 7.95. The van der Waals surface area contributed by atoms with Gasteiger partial charge in [0.2, 0.25) is 20.0 Å². The Labute approximate surface area is 157 Å². The Morgan fingerprint density at radius 2 is 1.22 bits per heavy atom. The van der Waals surface area contributed by atoms with Crippen LogP contribution in [0.3, 0.4) is 0 Å². The third kappa shape index (κ3) is 3.72. The molecular weight excluding hydrogens is 394 g/mol. The van der Waals surface area contributed by atoms with E-state index < -0.39 is 25.0 Å². The molecule has 2 aromatic rings. The zero-order chi connectivity index (χ0) is 19.8. The Kier molecular flexibility index (Phi) is 5.04. The van der Waals surface area contributed by atoms with Crippen molar-refractivity contribution in [2.24, 2.45) is 0 Å². The summed E-state index contributed by atoms with van der Waals surface area (Å²) >= 11 is 0. The van der Waals surface area contributed by atoms with E-state index in [-0.39, 0.29) is 35.2 Å². The van der Waals surface area contributed by atoms with Gasteiger partial charge in [-0.2, -0.15) is 8.61 Å². The first-order valence-electron chi connectivity index (χ1n) is 7.94. The lowest BCUT2D eigenvalue weighted by atomic mass is 10.2. The van der Waals surface area contributed by atoms with Crippen LogP contribution in [0.4, 0.5) is 5.69 Å². The summed E-state index contributed by atoms with van der Waals surface area (Å²) in [7, 11) is -7.77. The molecule has 0 aliphatic carbocycles. The first kappa shape index (κ1) is 19.4. The van der Waals surface area contributed by atoms with Gasteiger partial charge in [0.25, 0.3) is 5.69 Å². The molecule has 1 fully saturated rings. The number of nitro groups is 1. The van der Waals surface area contributed by atoms with Crippen molar-refractivity contribution in [1.29, 1.82) is 0 Å². The van der Waals surface area contributed by atoms with E-state index in [0.717, 1.165) is 38.4 Å². The predicted octanol–water partition coefficient (Wildman–Crippen LogP) is 1.56. The van der Waals surface area contributed by atoms with Crippen LogP contribution in [0.15, 0.2) is 58.3 Å². The molecule has 0 spiro atoms. The summed E-state index contributed by atoms with van der Waals surface area (Å²) in [6.07, 6.45) is 0. The van der Waals surface area contributed by atoms with E-state index in [0.29, 0.717) is 0 Å². The summed E-state index contributed by atoms with van der Waals surface area (Å²) in [6, 6.07) is 10.8. The van der Waals surface area contributed by atoms with Crippen LogP contribution in [0.1, 0.15) is 5.56 Å². The lowest BCUT2D eigenvalue weighted by molar-refractivity contribution is -0.384. The average molecular weight is 411 g/mol. The van der Waals surface area contributed by atoms with E-state index in [4.69, 9.17) is 0 Å². The highest BCUT2D eigenvalue weighted by Gasteiger charge is 2.37. The fraction of sp³-hybridized carbons (Fsp3) is 0.250. The number of non-ortho nitro benzene ring substituents is 1. The molecule has 0 aromatic heterocycles. The van der Waals surface area contributed by atoms with E-state index >= 15 is 0 Å². The maximum Gasteiger partial charge on any atom is 0.269 e. The molecular formula is C16H17N3O6S2. The molecule has 0 radical (unpaired) electrons. The van der Waals surface area contributed by atoms with E-state index in [9.17, 15) is 26.9 Å². The minimum Gasteiger partial charge on any atom is -0.258 e. The number of nitro benzene ring substituents is 1. The van der Waals surface area contributed by atoms with Gasteiger partial charge in [0.1, 0.15) is 0 Å². The lowest BCUT2D eigenvalue weighted by Crippen LogP contribution is -2.34. The van der Waals surface area contributed by atoms with Crippen molar-refractivity contribution in [3.05, 3.63) is 64.2 Å². The molecule has 2 aromatic carbocycles. The van der Waals surface area contributed by atoms with Crippen molar-refractivity contribution < 1.29 is 21.8 Å². The van der Waals surface area contributed by atoms with Gasteiger partial charge < -0.3 is 0 Å².